The molecule has 38 heavy (non-hydrogen) atoms. The molecule has 0 fully saturated rings. The summed E-state index contributed by atoms with van der Waals surface area (Å²) in [4.78, 5) is 43.5. The van der Waals surface area contributed by atoms with Crippen LogP contribution in [-0.4, -0.2) is 36.8 Å². The molecule has 0 spiro atoms. The van der Waals surface area contributed by atoms with Crippen LogP contribution < -0.4 is 29.1 Å². The van der Waals surface area contributed by atoms with Gasteiger partial charge in [-0.25, -0.2) is 9.79 Å². The summed E-state index contributed by atoms with van der Waals surface area (Å²) in [6.45, 7) is 7.26. The Kier molecular flexibility index (Phi) is 8.11. The molecule has 0 radical (unpaired) electrons. The number of thiazole rings is 1. The first-order chi connectivity index (χ1) is 18.3. The van der Waals surface area contributed by atoms with Crippen molar-refractivity contribution in [2.45, 2.75) is 33.7 Å². The quantitative estimate of drug-likeness (QED) is 0.322. The van der Waals surface area contributed by atoms with Gasteiger partial charge in [0, 0.05) is 12.5 Å². The van der Waals surface area contributed by atoms with Crippen LogP contribution in [0, 0.1) is 0 Å². The van der Waals surface area contributed by atoms with Crippen molar-refractivity contribution in [2.24, 2.45) is 4.99 Å². The number of para-hydroxylation sites is 1. The minimum Gasteiger partial charge on any atom is -0.493 e. The minimum absolute atomic E-state index is 0.162. The largest absolute Gasteiger partial charge is 0.493 e. The summed E-state index contributed by atoms with van der Waals surface area (Å²) >= 11 is 1.22. The monoisotopic (exact) mass is 536 g/mol. The van der Waals surface area contributed by atoms with Gasteiger partial charge in [0.25, 0.3) is 5.56 Å². The second kappa shape index (κ2) is 11.5. The van der Waals surface area contributed by atoms with Gasteiger partial charge in [-0.05, 0) is 50.6 Å². The maximum atomic E-state index is 13.8. The number of hydrogen-bond acceptors (Lipinski definition) is 9. The molecule has 0 unspecified atom stereocenters. The zero-order valence-electron chi connectivity index (χ0n) is 21.8. The molecule has 198 valence electrons. The van der Waals surface area contributed by atoms with Crippen molar-refractivity contribution in [1.29, 1.82) is 0 Å². The zero-order valence-corrected chi connectivity index (χ0v) is 22.6. The van der Waals surface area contributed by atoms with E-state index in [9.17, 15) is 14.4 Å². The van der Waals surface area contributed by atoms with E-state index < -0.39 is 18.0 Å². The first kappa shape index (κ1) is 26.9. The van der Waals surface area contributed by atoms with Crippen molar-refractivity contribution < 1.29 is 28.5 Å². The molecule has 4 rings (SSSR count). The van der Waals surface area contributed by atoms with Crippen LogP contribution in [0.25, 0.3) is 6.08 Å². The molecule has 1 aromatic heterocycles. The molecule has 0 bridgehead atoms. The lowest BCUT2D eigenvalue weighted by atomic mass is 9.95. The van der Waals surface area contributed by atoms with E-state index in [0.29, 0.717) is 33.0 Å². The molecule has 3 aromatic rings. The van der Waals surface area contributed by atoms with E-state index in [-0.39, 0.29) is 29.2 Å². The van der Waals surface area contributed by atoms with Crippen LogP contribution in [0.15, 0.2) is 63.5 Å². The SMILES string of the molecule is CCOC(=O)C1=C(C)N=c2s/c(=C/c3ccccc3OCC)c(=O)n2[C@@H]1c1ccc(OC(C)=O)c(OC)c1. The Balaban J connectivity index is 1.95. The number of allylic oxidation sites excluding steroid dienone is 1. The number of hydrogen-bond donors (Lipinski definition) is 0. The first-order valence-corrected chi connectivity index (χ1v) is 12.9. The Morgan fingerprint density at radius 3 is 2.53 bits per heavy atom. The van der Waals surface area contributed by atoms with Crippen LogP contribution in [0.5, 0.6) is 17.2 Å². The molecule has 1 aliphatic rings. The smallest absolute Gasteiger partial charge is 0.338 e. The zero-order chi connectivity index (χ0) is 27.4. The molecule has 1 aliphatic heterocycles. The molecule has 0 aliphatic carbocycles. The second-order valence-corrected chi connectivity index (χ2v) is 9.29. The van der Waals surface area contributed by atoms with Crippen LogP contribution in [-0.2, 0) is 14.3 Å². The van der Waals surface area contributed by atoms with Gasteiger partial charge < -0.3 is 18.9 Å². The fraction of sp³-hybridized carbons (Fsp3) is 0.286. The van der Waals surface area contributed by atoms with Crippen LogP contribution >= 0.6 is 11.3 Å². The van der Waals surface area contributed by atoms with Crippen molar-refractivity contribution in [3.63, 3.8) is 0 Å². The molecule has 2 aromatic carbocycles. The summed E-state index contributed by atoms with van der Waals surface area (Å²) in [6.07, 6.45) is 1.76. The highest BCUT2D eigenvalue weighted by molar-refractivity contribution is 7.07. The number of aromatic nitrogens is 1. The van der Waals surface area contributed by atoms with Gasteiger partial charge in [0.2, 0.25) is 0 Å². The van der Waals surface area contributed by atoms with Crippen molar-refractivity contribution in [3.8, 4) is 17.2 Å². The molecule has 0 saturated heterocycles. The number of benzene rings is 2. The lowest BCUT2D eigenvalue weighted by molar-refractivity contribution is -0.139. The normalized spacial score (nSPS) is 15.0. The van der Waals surface area contributed by atoms with Crippen molar-refractivity contribution in [3.05, 3.63) is 84.5 Å². The average Bonchev–Trinajstić information content (AvgIpc) is 3.18. The number of nitrogens with zero attached hydrogens (tertiary/aromatic N) is 2. The van der Waals surface area contributed by atoms with Gasteiger partial charge in [-0.3, -0.25) is 14.2 Å². The molecule has 0 N–H and O–H groups in total. The van der Waals surface area contributed by atoms with Crippen LogP contribution in [0.2, 0.25) is 0 Å². The van der Waals surface area contributed by atoms with Crippen molar-refractivity contribution in [2.75, 3.05) is 20.3 Å². The summed E-state index contributed by atoms with van der Waals surface area (Å²) in [7, 11) is 1.45. The lowest BCUT2D eigenvalue weighted by Gasteiger charge is -2.25. The van der Waals surface area contributed by atoms with Crippen LogP contribution in [0.3, 0.4) is 0 Å². The number of rotatable bonds is 8. The summed E-state index contributed by atoms with van der Waals surface area (Å²) in [5.74, 6) is 0.0917. The summed E-state index contributed by atoms with van der Waals surface area (Å²) < 4.78 is 23.7. The van der Waals surface area contributed by atoms with Gasteiger partial charge in [0.05, 0.1) is 42.2 Å². The maximum Gasteiger partial charge on any atom is 0.338 e. The highest BCUT2D eigenvalue weighted by Gasteiger charge is 2.34. The topological polar surface area (TPSA) is 105 Å². The molecule has 9 nitrogen and oxygen atoms in total. The predicted molar refractivity (Wildman–Crippen MR) is 142 cm³/mol. The fourth-order valence-corrected chi connectivity index (χ4v) is 5.27. The third kappa shape index (κ3) is 5.26. The van der Waals surface area contributed by atoms with E-state index in [4.69, 9.17) is 18.9 Å². The van der Waals surface area contributed by atoms with Gasteiger partial charge in [0.15, 0.2) is 16.3 Å². The molecule has 10 heteroatoms. The van der Waals surface area contributed by atoms with Gasteiger partial charge in [-0.1, -0.05) is 35.6 Å². The van der Waals surface area contributed by atoms with Gasteiger partial charge in [-0.2, -0.15) is 0 Å². The van der Waals surface area contributed by atoms with Gasteiger partial charge in [-0.15, -0.1) is 0 Å². The lowest BCUT2D eigenvalue weighted by Crippen LogP contribution is -2.40. The van der Waals surface area contributed by atoms with E-state index in [2.05, 4.69) is 4.99 Å². The Morgan fingerprint density at radius 2 is 1.84 bits per heavy atom. The molecule has 0 saturated carbocycles. The van der Waals surface area contributed by atoms with E-state index >= 15 is 0 Å². The Labute approximate surface area is 223 Å². The molecule has 1 atom stereocenters. The predicted octanol–water partition coefficient (Wildman–Crippen LogP) is 3.13. The number of carbonyl (C=O) groups excluding carboxylic acids is 2. The standard InChI is InChI=1S/C28H28N2O7S/c1-6-35-20-11-9-8-10-18(20)15-23-26(32)30-25(19-12-13-21(37-17(4)31)22(14-19)34-5)24(27(33)36-7-2)16(3)29-28(30)38-23/h8-15,25H,6-7H2,1-5H3/b23-15+/t25-/m1/s1. The summed E-state index contributed by atoms with van der Waals surface area (Å²) in [5.41, 5.74) is 1.69. The van der Waals surface area contributed by atoms with Crippen LogP contribution in [0.4, 0.5) is 0 Å². The van der Waals surface area contributed by atoms with E-state index in [1.807, 2.05) is 31.2 Å². The highest BCUT2D eigenvalue weighted by Crippen LogP contribution is 2.36. The highest BCUT2D eigenvalue weighted by atomic mass is 32.1. The van der Waals surface area contributed by atoms with Crippen molar-refractivity contribution >= 4 is 29.4 Å². The molecule has 0 amide bonds. The first-order valence-electron chi connectivity index (χ1n) is 12.1. The summed E-state index contributed by atoms with van der Waals surface area (Å²) in [6, 6.07) is 11.5. The Morgan fingerprint density at radius 1 is 1.08 bits per heavy atom. The summed E-state index contributed by atoms with van der Waals surface area (Å²) in [5, 5.41) is 0. The molecule has 2 heterocycles. The van der Waals surface area contributed by atoms with E-state index in [1.165, 1.54) is 29.9 Å². The Hall–Kier alpha value is -4.18. The van der Waals surface area contributed by atoms with Crippen molar-refractivity contribution in [1.82, 2.24) is 4.57 Å². The third-order valence-corrected chi connectivity index (χ3v) is 6.76. The minimum atomic E-state index is -0.838. The van der Waals surface area contributed by atoms with Gasteiger partial charge in [0.1, 0.15) is 5.75 Å². The average molecular weight is 537 g/mol. The maximum absolute atomic E-state index is 13.8. The second-order valence-electron chi connectivity index (χ2n) is 8.28. The molecular formula is C28H28N2O7S. The van der Waals surface area contributed by atoms with E-state index in [1.54, 1.807) is 38.1 Å². The number of esters is 2. The van der Waals surface area contributed by atoms with Gasteiger partial charge >= 0.3 is 11.9 Å². The fourth-order valence-electron chi connectivity index (χ4n) is 4.23. The number of methoxy groups -OCH3 is 1. The Bertz CT molecular complexity index is 1600. The molecular weight excluding hydrogens is 508 g/mol. The van der Waals surface area contributed by atoms with E-state index in [0.717, 1.165) is 5.56 Å². The number of carbonyl (C=O) groups is 2. The van der Waals surface area contributed by atoms with Crippen LogP contribution in [0.1, 0.15) is 44.9 Å². The number of fused-ring (bicyclic) bond motifs is 1. The number of ether oxygens (including phenoxy) is 4. The third-order valence-electron chi connectivity index (χ3n) is 5.78.